The third-order valence-corrected chi connectivity index (χ3v) is 4.60. The van der Waals surface area contributed by atoms with Crippen LogP contribution < -0.4 is 14.8 Å². The summed E-state index contributed by atoms with van der Waals surface area (Å²) in [5, 5.41) is 4.77. The molecule has 0 bridgehead atoms. The second kappa shape index (κ2) is 9.10. The van der Waals surface area contributed by atoms with Crippen LogP contribution in [-0.2, 0) is 9.53 Å². The van der Waals surface area contributed by atoms with Crippen molar-refractivity contribution in [3.63, 3.8) is 0 Å². The molecule has 0 aromatic heterocycles. The van der Waals surface area contributed by atoms with E-state index >= 15 is 0 Å². The molecule has 29 heavy (non-hydrogen) atoms. The summed E-state index contributed by atoms with van der Waals surface area (Å²) in [4.78, 5) is 24.6. The Hall–Kier alpha value is -3.54. The van der Waals surface area contributed by atoms with Crippen LogP contribution in [0.4, 0.5) is 0 Å². The van der Waals surface area contributed by atoms with Crippen LogP contribution in [0.15, 0.2) is 60.7 Å². The highest BCUT2D eigenvalue weighted by Gasteiger charge is 2.17. The highest BCUT2D eigenvalue weighted by atomic mass is 16.5. The highest BCUT2D eigenvalue weighted by Crippen LogP contribution is 2.29. The van der Waals surface area contributed by atoms with E-state index in [0.29, 0.717) is 17.1 Å². The van der Waals surface area contributed by atoms with Gasteiger partial charge in [-0.25, -0.2) is 4.79 Å². The van der Waals surface area contributed by atoms with Crippen molar-refractivity contribution >= 4 is 22.6 Å². The van der Waals surface area contributed by atoms with Gasteiger partial charge in [-0.05, 0) is 48.0 Å². The molecular weight excluding hydrogens is 370 g/mol. The number of amides is 1. The second-order valence-corrected chi connectivity index (χ2v) is 6.54. The van der Waals surface area contributed by atoms with Crippen molar-refractivity contribution < 1.29 is 23.8 Å². The van der Waals surface area contributed by atoms with Crippen LogP contribution in [0.25, 0.3) is 10.8 Å². The topological polar surface area (TPSA) is 73.9 Å². The summed E-state index contributed by atoms with van der Waals surface area (Å²) in [6.07, 6.45) is 0. The zero-order valence-corrected chi connectivity index (χ0v) is 16.6. The summed E-state index contributed by atoms with van der Waals surface area (Å²) in [7, 11) is 3.13. The molecular formula is C23H23NO5. The normalized spacial score (nSPS) is 11.6. The quantitative estimate of drug-likeness (QED) is 0.617. The Morgan fingerprint density at radius 2 is 1.69 bits per heavy atom. The van der Waals surface area contributed by atoms with Crippen molar-refractivity contribution in [2.75, 3.05) is 20.8 Å². The molecule has 0 heterocycles. The highest BCUT2D eigenvalue weighted by molar-refractivity contribution is 5.96. The number of benzene rings is 3. The fourth-order valence-corrected chi connectivity index (χ4v) is 3.07. The van der Waals surface area contributed by atoms with Crippen molar-refractivity contribution in [1.29, 1.82) is 0 Å². The number of methoxy groups -OCH3 is 2. The summed E-state index contributed by atoms with van der Waals surface area (Å²) in [5.74, 6) is 0.338. The van der Waals surface area contributed by atoms with Crippen molar-refractivity contribution in [2.45, 2.75) is 13.0 Å². The smallest absolute Gasteiger partial charge is 0.338 e. The molecule has 0 saturated carbocycles. The van der Waals surface area contributed by atoms with E-state index in [-0.39, 0.29) is 12.6 Å². The Labute approximate surface area is 169 Å². The molecule has 0 aliphatic heterocycles. The lowest BCUT2D eigenvalue weighted by atomic mass is 10.1. The molecule has 0 fully saturated rings. The second-order valence-electron chi connectivity index (χ2n) is 6.54. The van der Waals surface area contributed by atoms with Gasteiger partial charge in [0.1, 0.15) is 11.5 Å². The molecule has 3 aromatic carbocycles. The monoisotopic (exact) mass is 393 g/mol. The van der Waals surface area contributed by atoms with Gasteiger partial charge in [0.2, 0.25) is 0 Å². The maximum atomic E-state index is 12.3. The van der Waals surface area contributed by atoms with Gasteiger partial charge < -0.3 is 19.5 Å². The summed E-state index contributed by atoms with van der Waals surface area (Å²) in [6.45, 7) is 1.45. The molecule has 0 aliphatic carbocycles. The minimum Gasteiger partial charge on any atom is -0.497 e. The van der Waals surface area contributed by atoms with E-state index in [4.69, 9.17) is 14.2 Å². The number of esters is 1. The maximum absolute atomic E-state index is 12.3. The van der Waals surface area contributed by atoms with Crippen LogP contribution in [0, 0.1) is 0 Å². The lowest BCUT2D eigenvalue weighted by Gasteiger charge is -2.18. The first-order valence-corrected chi connectivity index (χ1v) is 9.19. The van der Waals surface area contributed by atoms with Gasteiger partial charge in [-0.3, -0.25) is 4.79 Å². The molecule has 1 amide bonds. The Morgan fingerprint density at radius 1 is 0.931 bits per heavy atom. The number of nitrogens with one attached hydrogen (secondary N) is 1. The molecule has 3 rings (SSSR count). The number of carbonyl (C=O) groups is 2. The van der Waals surface area contributed by atoms with Crippen molar-refractivity contribution in [3.8, 4) is 11.5 Å². The van der Waals surface area contributed by atoms with E-state index in [2.05, 4.69) is 5.32 Å². The van der Waals surface area contributed by atoms with Crippen molar-refractivity contribution in [2.24, 2.45) is 0 Å². The molecule has 0 aliphatic rings. The number of fused-ring (bicyclic) bond motifs is 1. The average Bonchev–Trinajstić information content (AvgIpc) is 2.76. The van der Waals surface area contributed by atoms with E-state index < -0.39 is 11.9 Å². The number of hydrogen-bond acceptors (Lipinski definition) is 5. The summed E-state index contributed by atoms with van der Waals surface area (Å²) >= 11 is 0. The van der Waals surface area contributed by atoms with Gasteiger partial charge in [0.25, 0.3) is 5.91 Å². The number of hydrogen-bond donors (Lipinski definition) is 1. The van der Waals surface area contributed by atoms with Gasteiger partial charge >= 0.3 is 5.97 Å². The minimum absolute atomic E-state index is 0.355. The largest absolute Gasteiger partial charge is 0.497 e. The third-order valence-electron chi connectivity index (χ3n) is 4.60. The van der Waals surface area contributed by atoms with Gasteiger partial charge in [-0.1, -0.05) is 30.3 Å². The van der Waals surface area contributed by atoms with Gasteiger partial charge in [0, 0.05) is 5.56 Å². The predicted octanol–water partition coefficient (Wildman–Crippen LogP) is 3.89. The van der Waals surface area contributed by atoms with Crippen LogP contribution in [-0.4, -0.2) is 32.7 Å². The minimum atomic E-state index is -0.544. The van der Waals surface area contributed by atoms with Crippen LogP contribution in [0.1, 0.15) is 28.9 Å². The lowest BCUT2D eigenvalue weighted by Crippen LogP contribution is -2.31. The first-order valence-electron chi connectivity index (χ1n) is 9.19. The Balaban J connectivity index is 1.61. The molecule has 0 unspecified atom stereocenters. The SMILES string of the molecule is COc1ccc(OC)c([C@H](C)NC(=O)COC(=O)c2ccc3ccccc3c2)c1. The average molecular weight is 393 g/mol. The maximum Gasteiger partial charge on any atom is 0.338 e. The first-order chi connectivity index (χ1) is 14.0. The standard InChI is InChI=1S/C23H23NO5/c1-15(20-13-19(27-2)10-11-21(20)28-3)24-22(25)14-29-23(26)18-9-8-16-6-4-5-7-17(16)12-18/h4-13,15H,14H2,1-3H3,(H,24,25)/t15-/m0/s1. The van der Waals surface area contributed by atoms with Crippen LogP contribution >= 0.6 is 0 Å². The zero-order valence-electron chi connectivity index (χ0n) is 16.6. The molecule has 6 heteroatoms. The molecule has 150 valence electrons. The lowest BCUT2D eigenvalue weighted by molar-refractivity contribution is -0.124. The van der Waals surface area contributed by atoms with E-state index in [1.165, 1.54) is 0 Å². The van der Waals surface area contributed by atoms with E-state index in [9.17, 15) is 9.59 Å². The van der Waals surface area contributed by atoms with Gasteiger partial charge in [-0.2, -0.15) is 0 Å². The van der Waals surface area contributed by atoms with Crippen molar-refractivity contribution in [3.05, 3.63) is 71.8 Å². The van der Waals surface area contributed by atoms with Gasteiger partial charge in [0.05, 0.1) is 25.8 Å². The Bertz CT molecular complexity index is 1030. The van der Waals surface area contributed by atoms with E-state index in [1.54, 1.807) is 44.6 Å². The number of ether oxygens (including phenoxy) is 3. The fraction of sp³-hybridized carbons (Fsp3) is 0.217. The van der Waals surface area contributed by atoms with Crippen molar-refractivity contribution in [1.82, 2.24) is 5.32 Å². The van der Waals surface area contributed by atoms with Gasteiger partial charge in [-0.15, -0.1) is 0 Å². The molecule has 0 saturated heterocycles. The fourth-order valence-electron chi connectivity index (χ4n) is 3.07. The Morgan fingerprint density at radius 3 is 2.41 bits per heavy atom. The molecule has 6 nitrogen and oxygen atoms in total. The third kappa shape index (κ3) is 4.85. The molecule has 0 spiro atoms. The van der Waals surface area contributed by atoms with Crippen LogP contribution in [0.5, 0.6) is 11.5 Å². The molecule has 1 atom stereocenters. The summed E-state index contributed by atoms with van der Waals surface area (Å²) in [6, 6.07) is 18.0. The summed E-state index contributed by atoms with van der Waals surface area (Å²) < 4.78 is 15.7. The predicted molar refractivity (Wildman–Crippen MR) is 110 cm³/mol. The van der Waals surface area contributed by atoms with E-state index in [1.807, 2.05) is 37.3 Å². The summed E-state index contributed by atoms with van der Waals surface area (Å²) in [5.41, 5.74) is 1.17. The molecule has 3 aromatic rings. The molecule has 0 radical (unpaired) electrons. The van der Waals surface area contributed by atoms with Gasteiger partial charge in [0.15, 0.2) is 6.61 Å². The molecule has 1 N–H and O–H groups in total. The van der Waals surface area contributed by atoms with E-state index in [0.717, 1.165) is 16.3 Å². The number of carbonyl (C=O) groups excluding carboxylic acids is 2. The number of rotatable bonds is 7. The van der Waals surface area contributed by atoms with Crippen LogP contribution in [0.2, 0.25) is 0 Å². The Kier molecular flexibility index (Phi) is 6.34. The zero-order chi connectivity index (χ0) is 20.8. The first kappa shape index (κ1) is 20.2. The van der Waals surface area contributed by atoms with Crippen LogP contribution in [0.3, 0.4) is 0 Å².